The van der Waals surface area contributed by atoms with Crippen LogP contribution in [0.25, 0.3) is 0 Å². The highest BCUT2D eigenvalue weighted by molar-refractivity contribution is 5.76. The molecule has 0 aliphatic carbocycles. The molecule has 24 heavy (non-hydrogen) atoms. The van der Waals surface area contributed by atoms with Crippen LogP contribution in [0.2, 0.25) is 0 Å². The van der Waals surface area contributed by atoms with Crippen LogP contribution in [0.5, 0.6) is 0 Å². The first-order valence-electron chi connectivity index (χ1n) is 8.30. The Kier molecular flexibility index (Phi) is 5.92. The average molecular weight is 329 g/mol. The van der Waals surface area contributed by atoms with Crippen molar-refractivity contribution in [2.75, 3.05) is 32.8 Å². The number of nitrogens with zero attached hydrogens (tertiary/aromatic N) is 4. The first-order chi connectivity index (χ1) is 11.8. The molecule has 3 rings (SSSR count). The molecule has 1 aliphatic heterocycles. The minimum absolute atomic E-state index is 0.0208. The molecule has 1 atom stereocenters. The molecule has 0 bridgehead atoms. The lowest BCUT2D eigenvalue weighted by atomic mass is 10.1. The smallest absolute Gasteiger partial charge is 0.222 e. The molecule has 2 heterocycles. The fourth-order valence-electron chi connectivity index (χ4n) is 2.80. The average Bonchev–Trinajstić information content (AvgIpc) is 3.15. The molecule has 7 heteroatoms. The van der Waals surface area contributed by atoms with Gasteiger partial charge in [-0.2, -0.15) is 0 Å². The number of benzene rings is 1. The normalized spacial score (nSPS) is 16.7. The SMILES string of the molecule is O=C(CCn1ccnn1)NC(CN1CCOCC1)c1ccccc1. The van der Waals surface area contributed by atoms with Crippen molar-refractivity contribution in [1.82, 2.24) is 25.2 Å². The molecule has 0 spiro atoms. The fraction of sp³-hybridized carbons (Fsp3) is 0.471. The van der Waals surface area contributed by atoms with Gasteiger partial charge in [-0.25, -0.2) is 0 Å². The Hall–Kier alpha value is -2.25. The van der Waals surface area contributed by atoms with Crippen molar-refractivity contribution in [2.45, 2.75) is 19.0 Å². The van der Waals surface area contributed by atoms with Crippen LogP contribution in [0.3, 0.4) is 0 Å². The van der Waals surface area contributed by atoms with E-state index in [0.29, 0.717) is 13.0 Å². The summed E-state index contributed by atoms with van der Waals surface area (Å²) in [6.07, 6.45) is 3.76. The predicted molar refractivity (Wildman–Crippen MR) is 89.2 cm³/mol. The molecular weight excluding hydrogens is 306 g/mol. The van der Waals surface area contributed by atoms with Crippen molar-refractivity contribution >= 4 is 5.91 Å². The summed E-state index contributed by atoms with van der Waals surface area (Å²) in [5.41, 5.74) is 1.12. The van der Waals surface area contributed by atoms with Crippen LogP contribution >= 0.6 is 0 Å². The monoisotopic (exact) mass is 329 g/mol. The zero-order valence-electron chi connectivity index (χ0n) is 13.7. The highest BCUT2D eigenvalue weighted by atomic mass is 16.5. The Morgan fingerprint density at radius 1 is 1.25 bits per heavy atom. The number of ether oxygens (including phenoxy) is 1. The number of aryl methyl sites for hydroxylation is 1. The third-order valence-electron chi connectivity index (χ3n) is 4.12. The van der Waals surface area contributed by atoms with Gasteiger partial charge < -0.3 is 10.1 Å². The van der Waals surface area contributed by atoms with E-state index in [1.54, 1.807) is 17.1 Å². The summed E-state index contributed by atoms with van der Waals surface area (Å²) in [7, 11) is 0. The highest BCUT2D eigenvalue weighted by Crippen LogP contribution is 2.15. The maximum atomic E-state index is 12.3. The van der Waals surface area contributed by atoms with Gasteiger partial charge in [0.15, 0.2) is 0 Å². The van der Waals surface area contributed by atoms with E-state index in [2.05, 4.69) is 32.7 Å². The van der Waals surface area contributed by atoms with E-state index in [1.807, 2.05) is 18.2 Å². The number of carbonyl (C=O) groups is 1. The van der Waals surface area contributed by atoms with E-state index in [9.17, 15) is 4.79 Å². The molecule has 1 N–H and O–H groups in total. The standard InChI is InChI=1S/C17H23N5O2/c23-17(6-8-22-9-7-18-20-22)19-16(15-4-2-1-3-5-15)14-21-10-12-24-13-11-21/h1-5,7,9,16H,6,8,10-14H2,(H,19,23). The molecule has 2 aromatic rings. The summed E-state index contributed by atoms with van der Waals surface area (Å²) in [4.78, 5) is 14.7. The summed E-state index contributed by atoms with van der Waals surface area (Å²) in [6, 6.07) is 10.1. The number of nitrogens with one attached hydrogen (secondary N) is 1. The molecule has 128 valence electrons. The predicted octanol–water partition coefficient (Wildman–Crippen LogP) is 0.858. The quantitative estimate of drug-likeness (QED) is 0.816. The lowest BCUT2D eigenvalue weighted by molar-refractivity contribution is -0.122. The lowest BCUT2D eigenvalue weighted by Gasteiger charge is -2.31. The van der Waals surface area contributed by atoms with Crippen LogP contribution in [0.4, 0.5) is 0 Å². The molecule has 1 unspecified atom stereocenters. The van der Waals surface area contributed by atoms with Gasteiger partial charge in [0.2, 0.25) is 5.91 Å². The van der Waals surface area contributed by atoms with Crippen LogP contribution in [0.1, 0.15) is 18.0 Å². The van der Waals surface area contributed by atoms with Gasteiger partial charge in [-0.05, 0) is 5.56 Å². The third-order valence-corrected chi connectivity index (χ3v) is 4.12. The van der Waals surface area contributed by atoms with Gasteiger partial charge in [0.1, 0.15) is 0 Å². The van der Waals surface area contributed by atoms with Gasteiger partial charge in [0, 0.05) is 32.3 Å². The Bertz CT molecular complexity index is 611. The summed E-state index contributed by atoms with van der Waals surface area (Å²) < 4.78 is 7.07. The van der Waals surface area contributed by atoms with E-state index in [4.69, 9.17) is 4.74 Å². The number of rotatable bonds is 7. The second-order valence-electron chi connectivity index (χ2n) is 5.86. The van der Waals surface area contributed by atoms with E-state index in [1.165, 1.54) is 0 Å². The third kappa shape index (κ3) is 4.87. The Morgan fingerprint density at radius 3 is 2.75 bits per heavy atom. The van der Waals surface area contributed by atoms with Crippen molar-refractivity contribution in [2.24, 2.45) is 0 Å². The molecule has 1 saturated heterocycles. The summed E-state index contributed by atoms with van der Waals surface area (Å²) in [5.74, 6) is 0.0209. The van der Waals surface area contributed by atoms with Crippen molar-refractivity contribution < 1.29 is 9.53 Å². The number of carbonyl (C=O) groups excluding carboxylic acids is 1. The molecular formula is C17H23N5O2. The molecule has 1 aromatic heterocycles. The van der Waals surface area contributed by atoms with E-state index < -0.39 is 0 Å². The fourth-order valence-corrected chi connectivity index (χ4v) is 2.80. The van der Waals surface area contributed by atoms with Gasteiger partial charge in [-0.1, -0.05) is 35.5 Å². The maximum absolute atomic E-state index is 12.3. The van der Waals surface area contributed by atoms with Crippen LogP contribution in [0.15, 0.2) is 42.7 Å². The van der Waals surface area contributed by atoms with Gasteiger partial charge in [0.05, 0.1) is 32.0 Å². The first kappa shape index (κ1) is 16.6. The molecule has 1 fully saturated rings. The van der Waals surface area contributed by atoms with E-state index in [-0.39, 0.29) is 11.9 Å². The van der Waals surface area contributed by atoms with Gasteiger partial charge in [-0.15, -0.1) is 5.10 Å². The molecule has 1 aliphatic rings. The lowest BCUT2D eigenvalue weighted by Crippen LogP contribution is -2.43. The Labute approximate surface area is 141 Å². The molecule has 1 aromatic carbocycles. The van der Waals surface area contributed by atoms with Crippen molar-refractivity contribution in [1.29, 1.82) is 0 Å². The number of amides is 1. The van der Waals surface area contributed by atoms with E-state index in [0.717, 1.165) is 38.4 Å². The zero-order chi connectivity index (χ0) is 16.6. The van der Waals surface area contributed by atoms with Crippen molar-refractivity contribution in [3.8, 4) is 0 Å². The van der Waals surface area contributed by atoms with Crippen molar-refractivity contribution in [3.05, 3.63) is 48.3 Å². The Morgan fingerprint density at radius 2 is 2.04 bits per heavy atom. The molecule has 1 amide bonds. The van der Waals surface area contributed by atoms with Gasteiger partial charge in [0.25, 0.3) is 0 Å². The van der Waals surface area contributed by atoms with E-state index >= 15 is 0 Å². The van der Waals surface area contributed by atoms with Crippen LogP contribution in [-0.2, 0) is 16.1 Å². The second-order valence-corrected chi connectivity index (χ2v) is 5.86. The maximum Gasteiger partial charge on any atom is 0.222 e. The summed E-state index contributed by atoms with van der Waals surface area (Å²) >= 11 is 0. The number of hydrogen-bond donors (Lipinski definition) is 1. The highest BCUT2D eigenvalue weighted by Gasteiger charge is 2.20. The number of aromatic nitrogens is 3. The second kappa shape index (κ2) is 8.56. The summed E-state index contributed by atoms with van der Waals surface area (Å²) in [5, 5.41) is 10.8. The van der Waals surface area contributed by atoms with Crippen LogP contribution in [-0.4, -0.2) is 58.6 Å². The molecule has 0 saturated carbocycles. The minimum Gasteiger partial charge on any atom is -0.379 e. The molecule has 0 radical (unpaired) electrons. The summed E-state index contributed by atoms with van der Waals surface area (Å²) in [6.45, 7) is 4.63. The molecule has 7 nitrogen and oxygen atoms in total. The van der Waals surface area contributed by atoms with Crippen LogP contribution < -0.4 is 5.32 Å². The Balaban J connectivity index is 1.59. The zero-order valence-corrected chi connectivity index (χ0v) is 13.7. The number of hydrogen-bond acceptors (Lipinski definition) is 5. The largest absolute Gasteiger partial charge is 0.379 e. The minimum atomic E-state index is -0.0208. The van der Waals surface area contributed by atoms with Crippen LogP contribution in [0, 0.1) is 0 Å². The number of morpholine rings is 1. The van der Waals surface area contributed by atoms with Gasteiger partial charge in [-0.3, -0.25) is 14.4 Å². The van der Waals surface area contributed by atoms with Gasteiger partial charge >= 0.3 is 0 Å². The topological polar surface area (TPSA) is 72.3 Å². The van der Waals surface area contributed by atoms with Crippen molar-refractivity contribution in [3.63, 3.8) is 0 Å². The first-order valence-corrected chi connectivity index (χ1v) is 8.30.